The molecule has 2 heterocycles. The predicted octanol–water partition coefficient (Wildman–Crippen LogP) is 4.42. The Morgan fingerprint density at radius 1 is 1.29 bits per heavy atom. The number of rotatable bonds is 3. The van der Waals surface area contributed by atoms with Crippen molar-refractivity contribution in [3.8, 4) is 0 Å². The van der Waals surface area contributed by atoms with E-state index < -0.39 is 6.04 Å². The first-order valence-electron chi connectivity index (χ1n) is 5.78. The molecule has 108 valence electrons. The summed E-state index contributed by atoms with van der Waals surface area (Å²) in [5.41, 5.74) is 7.27. The van der Waals surface area contributed by atoms with Crippen LogP contribution in [0, 0.1) is 0 Å². The summed E-state index contributed by atoms with van der Waals surface area (Å²) in [5.74, 6) is -0.365. The Labute approximate surface area is 138 Å². The minimum atomic E-state index is -0.765. The predicted molar refractivity (Wildman–Crippen MR) is 87.9 cm³/mol. The van der Waals surface area contributed by atoms with Gasteiger partial charge in [0, 0.05) is 4.88 Å². The Bertz CT molecular complexity index is 785. The van der Waals surface area contributed by atoms with Gasteiger partial charge in [0.15, 0.2) is 0 Å². The minimum Gasteiger partial charge on any atom is -0.321 e. The number of anilines is 1. The van der Waals surface area contributed by atoms with Crippen molar-refractivity contribution >= 4 is 68.9 Å². The Hall–Kier alpha value is -1.25. The van der Waals surface area contributed by atoms with E-state index in [1.807, 2.05) is 11.4 Å². The zero-order valence-electron chi connectivity index (χ0n) is 10.3. The third-order valence-electron chi connectivity index (χ3n) is 2.82. The summed E-state index contributed by atoms with van der Waals surface area (Å²) in [6, 6.07) is 4.40. The maximum Gasteiger partial charge on any atom is 0.246 e. The van der Waals surface area contributed by atoms with Crippen LogP contribution in [0.2, 0.25) is 10.0 Å². The van der Waals surface area contributed by atoms with Gasteiger partial charge in [-0.05, 0) is 17.5 Å². The topological polar surface area (TPSA) is 79.8 Å². The minimum absolute atomic E-state index is 0.298. The van der Waals surface area contributed by atoms with E-state index in [9.17, 15) is 4.79 Å². The number of halogens is 2. The van der Waals surface area contributed by atoms with Gasteiger partial charge in [0.05, 0.1) is 27.1 Å². The molecule has 3 N–H and O–H groups in total. The Morgan fingerprint density at radius 3 is 2.76 bits per heavy atom. The van der Waals surface area contributed by atoms with Gasteiger partial charge in [0.2, 0.25) is 5.91 Å². The Kier molecular flexibility index (Phi) is 4.10. The number of nitrogens with zero attached hydrogens (tertiary/aromatic N) is 2. The molecule has 2 aromatic rings. The first-order chi connectivity index (χ1) is 10.1. The van der Waals surface area contributed by atoms with E-state index in [0.29, 0.717) is 27.1 Å². The number of nitrogens with one attached hydrogen (secondary N) is 1. The fraction of sp³-hybridized carbons (Fsp3) is 0.0833. The van der Waals surface area contributed by atoms with Crippen molar-refractivity contribution in [2.45, 2.75) is 6.04 Å². The second-order valence-corrected chi connectivity index (χ2v) is 6.48. The second kappa shape index (κ2) is 5.86. The van der Waals surface area contributed by atoms with E-state index in [-0.39, 0.29) is 5.91 Å². The number of hydrogen-bond acceptors (Lipinski definition) is 5. The quantitative estimate of drug-likeness (QED) is 0.726. The Morgan fingerprint density at radius 2 is 2.05 bits per heavy atom. The van der Waals surface area contributed by atoms with E-state index in [2.05, 4.69) is 14.0 Å². The molecule has 5 nitrogen and oxygen atoms in total. The average molecular weight is 359 g/mol. The summed E-state index contributed by atoms with van der Waals surface area (Å²) in [5, 5.41) is 5.26. The van der Waals surface area contributed by atoms with Crippen LogP contribution in [0.1, 0.15) is 10.9 Å². The third kappa shape index (κ3) is 2.75. The number of thiophene rings is 1. The van der Waals surface area contributed by atoms with Crippen LogP contribution in [0.4, 0.5) is 17.1 Å². The van der Waals surface area contributed by atoms with Crippen LogP contribution in [-0.4, -0.2) is 5.91 Å². The normalized spacial score (nSPS) is 13.7. The molecule has 1 aliphatic heterocycles. The number of fused-ring (bicyclic) bond motifs is 1. The highest BCUT2D eigenvalue weighted by Crippen LogP contribution is 2.47. The monoisotopic (exact) mass is 358 g/mol. The maximum atomic E-state index is 12.2. The van der Waals surface area contributed by atoms with Crippen molar-refractivity contribution in [1.29, 1.82) is 0 Å². The van der Waals surface area contributed by atoms with Crippen LogP contribution in [0.25, 0.3) is 0 Å². The summed E-state index contributed by atoms with van der Waals surface area (Å²) >= 11 is 14.6. The SMILES string of the molecule is NC(C(=O)Nc1c(Cl)cc(Cl)c2c1N=S=N2)c1cccs1. The summed E-state index contributed by atoms with van der Waals surface area (Å²) in [6.07, 6.45) is 0. The molecule has 0 saturated heterocycles. The molecule has 1 atom stereocenters. The number of amides is 1. The van der Waals surface area contributed by atoms with Crippen molar-refractivity contribution in [1.82, 2.24) is 0 Å². The highest BCUT2D eigenvalue weighted by molar-refractivity contribution is 7.58. The van der Waals surface area contributed by atoms with Gasteiger partial charge in [0.25, 0.3) is 0 Å². The molecule has 0 aliphatic carbocycles. The molecular weight excluding hydrogens is 351 g/mol. The highest BCUT2D eigenvalue weighted by atomic mass is 35.5. The fourth-order valence-electron chi connectivity index (χ4n) is 1.79. The first kappa shape index (κ1) is 14.7. The summed E-state index contributed by atoms with van der Waals surface area (Å²) < 4.78 is 8.21. The van der Waals surface area contributed by atoms with Gasteiger partial charge in [-0.15, -0.1) is 11.3 Å². The molecule has 3 rings (SSSR count). The molecule has 1 aromatic heterocycles. The Balaban J connectivity index is 1.91. The number of benzene rings is 1. The molecular formula is C12H8Cl2N4OS2. The zero-order valence-corrected chi connectivity index (χ0v) is 13.5. The van der Waals surface area contributed by atoms with Crippen LogP contribution in [0.15, 0.2) is 32.3 Å². The highest BCUT2D eigenvalue weighted by Gasteiger charge is 2.23. The lowest BCUT2D eigenvalue weighted by atomic mass is 10.2. The van der Waals surface area contributed by atoms with Gasteiger partial charge >= 0.3 is 0 Å². The van der Waals surface area contributed by atoms with Gasteiger partial charge in [-0.1, -0.05) is 29.3 Å². The van der Waals surface area contributed by atoms with Crippen molar-refractivity contribution in [3.05, 3.63) is 38.5 Å². The van der Waals surface area contributed by atoms with E-state index in [0.717, 1.165) is 16.2 Å². The smallest absolute Gasteiger partial charge is 0.246 e. The van der Waals surface area contributed by atoms with Crippen LogP contribution in [0.5, 0.6) is 0 Å². The number of hydrogen-bond donors (Lipinski definition) is 2. The van der Waals surface area contributed by atoms with E-state index in [4.69, 9.17) is 28.9 Å². The van der Waals surface area contributed by atoms with Crippen LogP contribution in [0.3, 0.4) is 0 Å². The van der Waals surface area contributed by atoms with Crippen LogP contribution in [-0.2, 0) is 16.1 Å². The van der Waals surface area contributed by atoms with Gasteiger partial charge in [-0.2, -0.15) is 8.73 Å². The third-order valence-corrected chi connectivity index (χ3v) is 4.89. The van der Waals surface area contributed by atoms with E-state index in [1.54, 1.807) is 6.07 Å². The lowest BCUT2D eigenvalue weighted by Gasteiger charge is -2.14. The second-order valence-electron chi connectivity index (χ2n) is 4.16. The molecule has 9 heteroatoms. The lowest BCUT2D eigenvalue weighted by Crippen LogP contribution is -2.27. The zero-order chi connectivity index (χ0) is 15.0. The van der Waals surface area contributed by atoms with Crippen molar-refractivity contribution < 1.29 is 4.79 Å². The van der Waals surface area contributed by atoms with Crippen molar-refractivity contribution in [3.63, 3.8) is 0 Å². The van der Waals surface area contributed by atoms with Gasteiger partial charge in [-0.3, -0.25) is 4.79 Å². The van der Waals surface area contributed by atoms with Crippen molar-refractivity contribution in [2.75, 3.05) is 5.32 Å². The fourth-order valence-corrected chi connectivity index (χ4v) is 3.68. The molecule has 0 bridgehead atoms. The molecule has 0 radical (unpaired) electrons. The molecule has 1 aliphatic rings. The molecule has 1 aromatic carbocycles. The van der Waals surface area contributed by atoms with Crippen molar-refractivity contribution in [2.24, 2.45) is 14.5 Å². The molecule has 0 spiro atoms. The summed E-state index contributed by atoms with van der Waals surface area (Å²) in [4.78, 5) is 13.0. The van der Waals surface area contributed by atoms with Gasteiger partial charge in [-0.25, -0.2) is 0 Å². The largest absolute Gasteiger partial charge is 0.321 e. The van der Waals surface area contributed by atoms with Crippen LogP contribution < -0.4 is 11.1 Å². The number of carbonyl (C=O) groups is 1. The maximum absolute atomic E-state index is 12.2. The molecule has 0 saturated carbocycles. The standard InChI is InChI=1S/C12H8Cl2N4OS2/c13-5-4-6(14)10-11(18-21-17-10)9(5)16-12(19)8(15)7-2-1-3-20-7/h1-4,8H,15H2,(H,16,19). The van der Waals surface area contributed by atoms with E-state index >= 15 is 0 Å². The first-order valence-corrected chi connectivity index (χ1v) is 8.14. The number of nitrogens with two attached hydrogens (primary N) is 1. The summed E-state index contributed by atoms with van der Waals surface area (Å²) in [6.45, 7) is 0. The van der Waals surface area contributed by atoms with Gasteiger partial charge in [0.1, 0.15) is 17.4 Å². The summed E-state index contributed by atoms with van der Waals surface area (Å²) in [7, 11) is 0. The number of carbonyl (C=O) groups excluding carboxylic acids is 1. The van der Waals surface area contributed by atoms with Crippen LogP contribution >= 0.6 is 34.5 Å². The lowest BCUT2D eigenvalue weighted by molar-refractivity contribution is -0.117. The molecule has 1 amide bonds. The molecule has 21 heavy (non-hydrogen) atoms. The molecule has 0 fully saturated rings. The molecule has 1 unspecified atom stereocenters. The van der Waals surface area contributed by atoms with Gasteiger partial charge < -0.3 is 11.1 Å². The average Bonchev–Trinajstić information content (AvgIpc) is 3.12. The van der Waals surface area contributed by atoms with E-state index in [1.165, 1.54) is 17.4 Å².